The van der Waals surface area contributed by atoms with E-state index >= 15 is 0 Å². The zero-order valence-corrected chi connectivity index (χ0v) is 9.66. The third kappa shape index (κ3) is 4.94. The summed E-state index contributed by atoms with van der Waals surface area (Å²) in [4.78, 5) is 17.0. The number of nitrogens with zero attached hydrogens (tertiary/aromatic N) is 2. The number of hydrogen-bond donors (Lipinski definition) is 1. The van der Waals surface area contributed by atoms with Crippen LogP contribution in [0.3, 0.4) is 0 Å². The molecule has 1 amide bonds. The molecular formula is C11H12F3N3O. The maximum Gasteiger partial charge on any atom is 0.451 e. The van der Waals surface area contributed by atoms with Crippen molar-refractivity contribution in [2.24, 2.45) is 0 Å². The van der Waals surface area contributed by atoms with E-state index in [2.05, 4.69) is 15.3 Å². The molecule has 0 atom stereocenters. The monoisotopic (exact) mass is 259 g/mol. The van der Waals surface area contributed by atoms with Crippen LogP contribution < -0.4 is 5.32 Å². The van der Waals surface area contributed by atoms with Gasteiger partial charge in [0.05, 0.1) is 0 Å². The van der Waals surface area contributed by atoms with Crippen molar-refractivity contribution in [3.8, 4) is 0 Å². The van der Waals surface area contributed by atoms with Crippen molar-refractivity contribution >= 4 is 12.0 Å². The summed E-state index contributed by atoms with van der Waals surface area (Å²) in [5, 5.41) is 2.59. The van der Waals surface area contributed by atoms with Crippen LogP contribution in [0, 0.1) is 0 Å². The molecule has 1 N–H and O–H groups in total. The minimum atomic E-state index is -4.52. The summed E-state index contributed by atoms with van der Waals surface area (Å²) in [5.74, 6) is -1.28. The van der Waals surface area contributed by atoms with Crippen LogP contribution in [-0.2, 0) is 11.0 Å². The van der Waals surface area contributed by atoms with Crippen molar-refractivity contribution in [1.29, 1.82) is 0 Å². The first-order chi connectivity index (χ1) is 8.39. The molecule has 0 unspecified atom stereocenters. The molecule has 0 aromatic carbocycles. The van der Waals surface area contributed by atoms with Gasteiger partial charge in [0, 0.05) is 31.4 Å². The maximum atomic E-state index is 12.2. The molecule has 1 aromatic rings. The van der Waals surface area contributed by atoms with E-state index in [0.29, 0.717) is 18.5 Å². The summed E-state index contributed by atoms with van der Waals surface area (Å²) >= 11 is 0. The highest BCUT2D eigenvalue weighted by Gasteiger charge is 2.34. The predicted molar refractivity (Wildman–Crippen MR) is 59.4 cm³/mol. The topological polar surface area (TPSA) is 54.9 Å². The number of amides is 1. The van der Waals surface area contributed by atoms with Crippen molar-refractivity contribution in [3.05, 3.63) is 29.9 Å². The zero-order valence-electron chi connectivity index (χ0n) is 9.66. The Kier molecular flexibility index (Phi) is 4.82. The second-order valence-corrected chi connectivity index (χ2v) is 3.51. The van der Waals surface area contributed by atoms with Gasteiger partial charge in [-0.2, -0.15) is 13.2 Å². The summed E-state index contributed by atoms with van der Waals surface area (Å²) in [6.45, 7) is 1.89. The van der Waals surface area contributed by atoms with Gasteiger partial charge < -0.3 is 5.32 Å². The summed E-state index contributed by atoms with van der Waals surface area (Å²) < 4.78 is 36.5. The molecule has 98 valence electrons. The Hall–Kier alpha value is -1.92. The highest BCUT2D eigenvalue weighted by molar-refractivity contribution is 5.72. The fraction of sp³-hybridized carbons (Fsp3) is 0.364. The van der Waals surface area contributed by atoms with Crippen LogP contribution in [-0.4, -0.2) is 22.4 Å². The SMILES string of the molecule is CC(=O)NCCC=Cc1cnc(C(F)(F)F)nc1. The molecule has 0 saturated carbocycles. The lowest BCUT2D eigenvalue weighted by atomic mass is 10.2. The number of halogens is 3. The summed E-state index contributed by atoms with van der Waals surface area (Å²) in [5.41, 5.74) is 0.478. The van der Waals surface area contributed by atoms with Crippen LogP contribution in [0.1, 0.15) is 24.7 Å². The quantitative estimate of drug-likeness (QED) is 0.842. The molecule has 1 heterocycles. The first-order valence-electron chi connectivity index (χ1n) is 5.20. The van der Waals surface area contributed by atoms with E-state index < -0.39 is 12.0 Å². The first-order valence-corrected chi connectivity index (χ1v) is 5.20. The first kappa shape index (κ1) is 14.1. The Morgan fingerprint density at radius 3 is 2.50 bits per heavy atom. The van der Waals surface area contributed by atoms with Gasteiger partial charge in [-0.15, -0.1) is 0 Å². The van der Waals surface area contributed by atoms with Gasteiger partial charge in [0.15, 0.2) is 0 Å². The van der Waals surface area contributed by atoms with E-state index in [9.17, 15) is 18.0 Å². The third-order valence-electron chi connectivity index (χ3n) is 1.92. The van der Waals surface area contributed by atoms with Gasteiger partial charge in [-0.25, -0.2) is 9.97 Å². The average Bonchev–Trinajstić information content (AvgIpc) is 2.27. The molecule has 0 spiro atoms. The number of rotatable bonds is 4. The van der Waals surface area contributed by atoms with Crippen molar-refractivity contribution in [2.45, 2.75) is 19.5 Å². The third-order valence-corrected chi connectivity index (χ3v) is 1.92. The molecule has 7 heteroatoms. The Balaban J connectivity index is 2.49. The fourth-order valence-electron chi connectivity index (χ4n) is 1.12. The van der Waals surface area contributed by atoms with Crippen molar-refractivity contribution in [2.75, 3.05) is 6.54 Å². The molecule has 4 nitrogen and oxygen atoms in total. The van der Waals surface area contributed by atoms with Gasteiger partial charge in [-0.05, 0) is 6.42 Å². The lowest BCUT2D eigenvalue weighted by Crippen LogP contribution is -2.20. The standard InChI is InChI=1S/C11H12F3N3O/c1-8(18)15-5-3-2-4-9-6-16-10(17-7-9)11(12,13)14/h2,4,6-7H,3,5H2,1H3,(H,15,18). The predicted octanol–water partition coefficient (Wildman–Crippen LogP) is 2.03. The minimum Gasteiger partial charge on any atom is -0.356 e. The highest BCUT2D eigenvalue weighted by Crippen LogP contribution is 2.25. The highest BCUT2D eigenvalue weighted by atomic mass is 19.4. The van der Waals surface area contributed by atoms with Crippen LogP contribution in [0.4, 0.5) is 13.2 Å². The van der Waals surface area contributed by atoms with E-state index in [4.69, 9.17) is 0 Å². The van der Waals surface area contributed by atoms with Crippen LogP contribution in [0.5, 0.6) is 0 Å². The van der Waals surface area contributed by atoms with Crippen LogP contribution >= 0.6 is 0 Å². The molecule has 0 fully saturated rings. The second-order valence-electron chi connectivity index (χ2n) is 3.51. The van der Waals surface area contributed by atoms with Crippen molar-refractivity contribution in [3.63, 3.8) is 0 Å². The van der Waals surface area contributed by atoms with Gasteiger partial charge in [0.1, 0.15) is 0 Å². The number of alkyl halides is 3. The van der Waals surface area contributed by atoms with Gasteiger partial charge in [0.25, 0.3) is 0 Å². The summed E-state index contributed by atoms with van der Waals surface area (Å²) in [7, 11) is 0. The zero-order chi connectivity index (χ0) is 13.6. The van der Waals surface area contributed by atoms with Crippen LogP contribution in [0.2, 0.25) is 0 Å². The number of nitrogens with one attached hydrogen (secondary N) is 1. The molecule has 0 radical (unpaired) electrons. The molecule has 0 saturated heterocycles. The Bertz CT molecular complexity index is 426. The lowest BCUT2D eigenvalue weighted by molar-refractivity contribution is -0.145. The van der Waals surface area contributed by atoms with E-state index in [0.717, 1.165) is 12.4 Å². The number of carbonyl (C=O) groups is 1. The van der Waals surface area contributed by atoms with Gasteiger partial charge >= 0.3 is 6.18 Å². The van der Waals surface area contributed by atoms with Crippen LogP contribution in [0.25, 0.3) is 6.08 Å². The van der Waals surface area contributed by atoms with E-state index in [1.165, 1.54) is 6.92 Å². The van der Waals surface area contributed by atoms with E-state index in [1.807, 2.05) is 0 Å². The Morgan fingerprint density at radius 2 is 2.00 bits per heavy atom. The smallest absolute Gasteiger partial charge is 0.356 e. The second kappa shape index (κ2) is 6.13. The minimum absolute atomic E-state index is 0.124. The van der Waals surface area contributed by atoms with Gasteiger partial charge in [0.2, 0.25) is 11.7 Å². The largest absolute Gasteiger partial charge is 0.451 e. The normalized spacial score (nSPS) is 11.8. The fourth-order valence-corrected chi connectivity index (χ4v) is 1.12. The average molecular weight is 259 g/mol. The van der Waals surface area contributed by atoms with Crippen molar-refractivity contribution in [1.82, 2.24) is 15.3 Å². The number of aromatic nitrogens is 2. The summed E-state index contributed by atoms with van der Waals surface area (Å²) in [6.07, 6.45) is 1.59. The van der Waals surface area contributed by atoms with E-state index in [1.54, 1.807) is 12.2 Å². The van der Waals surface area contributed by atoms with Crippen molar-refractivity contribution < 1.29 is 18.0 Å². The Labute approximate surface area is 102 Å². The molecule has 18 heavy (non-hydrogen) atoms. The van der Waals surface area contributed by atoms with Gasteiger partial charge in [-0.1, -0.05) is 12.2 Å². The molecule has 1 rings (SSSR count). The number of hydrogen-bond acceptors (Lipinski definition) is 3. The molecule has 1 aromatic heterocycles. The van der Waals surface area contributed by atoms with E-state index in [-0.39, 0.29) is 5.91 Å². The lowest BCUT2D eigenvalue weighted by Gasteiger charge is -2.03. The van der Waals surface area contributed by atoms with Gasteiger partial charge in [-0.3, -0.25) is 4.79 Å². The summed E-state index contributed by atoms with van der Waals surface area (Å²) in [6, 6.07) is 0. The molecule has 0 aliphatic rings. The van der Waals surface area contributed by atoms with Crippen LogP contribution in [0.15, 0.2) is 18.5 Å². The maximum absolute atomic E-state index is 12.2. The Morgan fingerprint density at radius 1 is 1.39 bits per heavy atom. The molecule has 0 aliphatic heterocycles. The molecule has 0 bridgehead atoms. The number of carbonyl (C=O) groups excluding carboxylic acids is 1. The molecular weight excluding hydrogens is 247 g/mol. The molecule has 0 aliphatic carbocycles.